The number of halogens is 3. The second-order valence-electron chi connectivity index (χ2n) is 5.02. The number of alkyl halides is 3. The molecule has 0 bridgehead atoms. The van der Waals surface area contributed by atoms with Crippen molar-refractivity contribution in [2.24, 2.45) is 0 Å². The van der Waals surface area contributed by atoms with Crippen molar-refractivity contribution in [3.05, 3.63) is 54.4 Å². The molecule has 2 atom stereocenters. The van der Waals surface area contributed by atoms with Gasteiger partial charge >= 0.3 is 6.18 Å². The van der Waals surface area contributed by atoms with E-state index in [9.17, 15) is 13.2 Å². The lowest BCUT2D eigenvalue weighted by molar-refractivity contribution is -0.141. The summed E-state index contributed by atoms with van der Waals surface area (Å²) in [5.41, 5.74) is -0.423. The van der Waals surface area contributed by atoms with Crippen LogP contribution in [0.5, 0.6) is 0 Å². The van der Waals surface area contributed by atoms with E-state index in [1.165, 1.54) is 4.68 Å². The Morgan fingerprint density at radius 3 is 2.61 bits per heavy atom. The van der Waals surface area contributed by atoms with Crippen LogP contribution in [0.25, 0.3) is 0 Å². The molecule has 0 saturated heterocycles. The summed E-state index contributed by atoms with van der Waals surface area (Å²) < 4.78 is 44.4. The fourth-order valence-corrected chi connectivity index (χ4v) is 1.98. The Hall–Kier alpha value is -1.86. The van der Waals surface area contributed by atoms with Crippen LogP contribution in [-0.2, 0) is 10.9 Å². The molecule has 0 radical (unpaired) electrons. The fourth-order valence-electron chi connectivity index (χ4n) is 1.98. The van der Waals surface area contributed by atoms with Gasteiger partial charge in [0.05, 0.1) is 12.8 Å². The van der Waals surface area contributed by atoms with Gasteiger partial charge in [0.2, 0.25) is 0 Å². The molecule has 0 saturated carbocycles. The maximum Gasteiger partial charge on any atom is 0.435 e. The first kappa shape index (κ1) is 19.2. The summed E-state index contributed by atoms with van der Waals surface area (Å²) in [5.74, 6) is 0. The van der Waals surface area contributed by atoms with Crippen LogP contribution in [0.1, 0.15) is 24.4 Å². The summed E-state index contributed by atoms with van der Waals surface area (Å²) in [5, 5.41) is 6.75. The van der Waals surface area contributed by atoms with E-state index < -0.39 is 11.9 Å². The molecule has 4 nitrogen and oxygen atoms in total. The van der Waals surface area contributed by atoms with Gasteiger partial charge in [-0.15, -0.1) is 0 Å². The number of aromatic nitrogens is 2. The van der Waals surface area contributed by atoms with Crippen LogP contribution in [0.4, 0.5) is 13.2 Å². The Morgan fingerprint density at radius 1 is 1.39 bits per heavy atom. The average molecular weight is 329 g/mol. The highest BCUT2D eigenvalue weighted by molar-refractivity contribution is 5.15. The summed E-state index contributed by atoms with van der Waals surface area (Å²) in [6.45, 7) is 7.33. The molecule has 7 heteroatoms. The van der Waals surface area contributed by atoms with E-state index in [1.807, 2.05) is 12.2 Å². The SMILES string of the molecule is C=CC=CC(/C=C\C(C)n1nc(C(F)(F)F)cc1C)NCOC. The molecule has 0 spiro atoms. The molecular weight excluding hydrogens is 307 g/mol. The number of methoxy groups -OCH3 is 1. The quantitative estimate of drug-likeness (QED) is 0.450. The number of allylic oxidation sites excluding steroid dienone is 3. The number of aryl methyl sites for hydroxylation is 1. The number of rotatable bonds is 8. The van der Waals surface area contributed by atoms with Gasteiger partial charge in [0.25, 0.3) is 0 Å². The average Bonchev–Trinajstić information content (AvgIpc) is 2.88. The number of nitrogens with zero attached hydrogens (tertiary/aromatic N) is 2. The van der Waals surface area contributed by atoms with Crippen LogP contribution in [0.3, 0.4) is 0 Å². The van der Waals surface area contributed by atoms with Gasteiger partial charge in [-0.1, -0.05) is 37.0 Å². The maximum absolute atomic E-state index is 12.7. The number of hydrogen-bond acceptors (Lipinski definition) is 3. The Balaban J connectivity index is 2.87. The number of hydrogen-bond donors (Lipinski definition) is 1. The van der Waals surface area contributed by atoms with Crippen molar-refractivity contribution >= 4 is 0 Å². The summed E-state index contributed by atoms with van der Waals surface area (Å²) in [6, 6.07) is 0.617. The van der Waals surface area contributed by atoms with Gasteiger partial charge in [-0.25, -0.2) is 0 Å². The van der Waals surface area contributed by atoms with Crippen LogP contribution >= 0.6 is 0 Å². The van der Waals surface area contributed by atoms with Crippen LogP contribution in [-0.4, -0.2) is 29.7 Å². The lowest BCUT2D eigenvalue weighted by Crippen LogP contribution is -2.27. The van der Waals surface area contributed by atoms with Gasteiger partial charge in [-0.3, -0.25) is 10.00 Å². The van der Waals surface area contributed by atoms with Crippen LogP contribution in [0, 0.1) is 6.92 Å². The van der Waals surface area contributed by atoms with Crippen molar-refractivity contribution in [3.63, 3.8) is 0 Å². The van der Waals surface area contributed by atoms with Crippen molar-refractivity contribution < 1.29 is 17.9 Å². The smallest absolute Gasteiger partial charge is 0.370 e. The number of ether oxygens (including phenoxy) is 1. The highest BCUT2D eigenvalue weighted by Gasteiger charge is 2.34. The molecule has 128 valence electrons. The van der Waals surface area contributed by atoms with Crippen molar-refractivity contribution in [2.75, 3.05) is 13.8 Å². The highest BCUT2D eigenvalue weighted by Crippen LogP contribution is 2.29. The second kappa shape index (κ2) is 8.69. The molecule has 1 N–H and O–H groups in total. The van der Waals surface area contributed by atoms with Crippen LogP contribution < -0.4 is 5.32 Å². The minimum Gasteiger partial charge on any atom is -0.370 e. The third kappa shape index (κ3) is 6.03. The zero-order valence-corrected chi connectivity index (χ0v) is 13.5. The standard InChI is InChI=1S/C16H22F3N3O/c1-5-6-7-14(20-11-23-4)9-8-12(2)22-13(3)10-15(21-22)16(17,18)19/h5-10,12,14,20H,1,11H2,2-4H3/b7-6?,9-8-. The fraction of sp³-hybridized carbons (Fsp3) is 0.438. The molecule has 0 aliphatic rings. The summed E-state index contributed by atoms with van der Waals surface area (Å²) >= 11 is 0. The molecule has 0 aromatic carbocycles. The summed E-state index contributed by atoms with van der Waals surface area (Å²) in [7, 11) is 1.57. The third-order valence-corrected chi connectivity index (χ3v) is 3.11. The largest absolute Gasteiger partial charge is 0.435 e. The normalized spacial score (nSPS) is 15.4. The van der Waals surface area contributed by atoms with Crippen molar-refractivity contribution in [3.8, 4) is 0 Å². The highest BCUT2D eigenvalue weighted by atomic mass is 19.4. The molecule has 1 aromatic rings. The van der Waals surface area contributed by atoms with E-state index in [0.29, 0.717) is 12.4 Å². The Kier molecular flexibility index (Phi) is 7.25. The first-order valence-electron chi connectivity index (χ1n) is 7.12. The van der Waals surface area contributed by atoms with Gasteiger partial charge in [-0.05, 0) is 19.9 Å². The minimum absolute atomic E-state index is 0.117. The van der Waals surface area contributed by atoms with Gasteiger partial charge in [0.1, 0.15) is 0 Å². The minimum atomic E-state index is -4.44. The zero-order valence-electron chi connectivity index (χ0n) is 13.5. The predicted molar refractivity (Wildman–Crippen MR) is 84.0 cm³/mol. The molecule has 2 unspecified atom stereocenters. The zero-order chi connectivity index (χ0) is 17.5. The van der Waals surface area contributed by atoms with Gasteiger partial charge in [0, 0.05) is 18.8 Å². The van der Waals surface area contributed by atoms with E-state index in [4.69, 9.17) is 4.74 Å². The molecule has 1 aromatic heterocycles. The van der Waals surface area contributed by atoms with Gasteiger partial charge in [0.15, 0.2) is 5.69 Å². The monoisotopic (exact) mass is 329 g/mol. The first-order chi connectivity index (χ1) is 10.8. The second-order valence-corrected chi connectivity index (χ2v) is 5.02. The first-order valence-corrected chi connectivity index (χ1v) is 7.12. The molecular formula is C16H22F3N3O. The van der Waals surface area contributed by atoms with Gasteiger partial charge < -0.3 is 4.74 Å². The molecule has 0 aliphatic carbocycles. The van der Waals surface area contributed by atoms with Gasteiger partial charge in [-0.2, -0.15) is 18.3 Å². The molecule has 23 heavy (non-hydrogen) atoms. The van der Waals surface area contributed by atoms with Crippen molar-refractivity contribution in [1.29, 1.82) is 0 Å². The third-order valence-electron chi connectivity index (χ3n) is 3.11. The predicted octanol–water partition coefficient (Wildman–Crippen LogP) is 3.63. The van der Waals surface area contributed by atoms with Crippen LogP contribution in [0.15, 0.2) is 43.0 Å². The summed E-state index contributed by atoms with van der Waals surface area (Å²) in [4.78, 5) is 0. The van der Waals surface area contributed by atoms with Crippen LogP contribution in [0.2, 0.25) is 0 Å². The van der Waals surface area contributed by atoms with E-state index in [1.54, 1.807) is 39.2 Å². The molecule has 1 rings (SSSR count). The maximum atomic E-state index is 12.7. The van der Waals surface area contributed by atoms with E-state index in [0.717, 1.165) is 6.07 Å². The molecule has 1 heterocycles. The van der Waals surface area contributed by atoms with E-state index in [-0.39, 0.29) is 12.1 Å². The van der Waals surface area contributed by atoms with E-state index in [2.05, 4.69) is 17.0 Å². The Labute approximate surface area is 134 Å². The molecule has 0 aliphatic heterocycles. The lowest BCUT2D eigenvalue weighted by Gasteiger charge is -2.13. The van der Waals surface area contributed by atoms with E-state index >= 15 is 0 Å². The van der Waals surface area contributed by atoms with Crippen molar-refractivity contribution in [1.82, 2.24) is 15.1 Å². The molecule has 0 amide bonds. The number of nitrogens with one attached hydrogen (secondary N) is 1. The Morgan fingerprint density at radius 2 is 2.09 bits per heavy atom. The topological polar surface area (TPSA) is 39.1 Å². The van der Waals surface area contributed by atoms with Crippen molar-refractivity contribution in [2.45, 2.75) is 32.1 Å². The molecule has 0 fully saturated rings. The lowest BCUT2D eigenvalue weighted by atomic mass is 10.2. The summed E-state index contributed by atoms with van der Waals surface area (Å²) in [6.07, 6.45) is 4.50. The Bertz CT molecular complexity index is 561.